The molecule has 1 aliphatic heterocycles. The van der Waals surface area contributed by atoms with E-state index in [4.69, 9.17) is 5.73 Å². The number of halogens is 3. The molecule has 0 spiro atoms. The van der Waals surface area contributed by atoms with Crippen LogP contribution in [0.1, 0.15) is 32.1 Å². The summed E-state index contributed by atoms with van der Waals surface area (Å²) in [5.41, 5.74) is 5.74. The summed E-state index contributed by atoms with van der Waals surface area (Å²) in [5.74, 6) is -2.58. The molecule has 2 N–H and O–H groups in total. The number of nitrogens with two attached hydrogens (primary N) is 1. The maximum absolute atomic E-state index is 12.9. The highest BCUT2D eigenvalue weighted by atomic mass is 35.5. The largest absolute Gasteiger partial charge is 0.342 e. The smallest absolute Gasteiger partial charge is 0.251 e. The van der Waals surface area contributed by atoms with E-state index in [9.17, 15) is 13.6 Å². The molecule has 6 heteroatoms. The summed E-state index contributed by atoms with van der Waals surface area (Å²) in [6, 6.07) is 0.111. The van der Waals surface area contributed by atoms with E-state index in [1.807, 2.05) is 0 Å². The summed E-state index contributed by atoms with van der Waals surface area (Å²) in [7, 11) is 0. The number of carbonyl (C=O) groups is 1. The van der Waals surface area contributed by atoms with E-state index in [0.29, 0.717) is 6.42 Å². The fourth-order valence-corrected chi connectivity index (χ4v) is 2.55. The summed E-state index contributed by atoms with van der Waals surface area (Å²) >= 11 is 0. The number of piperidine rings is 1. The minimum absolute atomic E-state index is 0. The summed E-state index contributed by atoms with van der Waals surface area (Å²) in [4.78, 5) is 13.6. The highest BCUT2D eigenvalue weighted by molar-refractivity contribution is 5.85. The van der Waals surface area contributed by atoms with Crippen molar-refractivity contribution >= 4 is 18.3 Å². The molecule has 2 fully saturated rings. The molecule has 0 bridgehead atoms. The first-order chi connectivity index (χ1) is 7.48. The number of rotatable bonds is 1. The summed E-state index contributed by atoms with van der Waals surface area (Å²) in [5, 5.41) is 0. The van der Waals surface area contributed by atoms with Gasteiger partial charge in [-0.1, -0.05) is 0 Å². The normalized spacial score (nSPS) is 32.1. The Morgan fingerprint density at radius 1 is 1.24 bits per heavy atom. The number of nitrogens with zero attached hydrogens (tertiary/aromatic N) is 1. The van der Waals surface area contributed by atoms with Crippen molar-refractivity contribution in [2.24, 2.45) is 11.7 Å². The average Bonchev–Trinajstić information content (AvgIpc) is 2.64. The monoisotopic (exact) mass is 268 g/mol. The number of hydrogen-bond donors (Lipinski definition) is 1. The first kappa shape index (κ1) is 14.6. The van der Waals surface area contributed by atoms with Gasteiger partial charge in [0.25, 0.3) is 5.92 Å². The quantitative estimate of drug-likeness (QED) is 0.788. The number of likely N-dealkylation sites (tertiary alicyclic amines) is 1. The topological polar surface area (TPSA) is 46.3 Å². The lowest BCUT2D eigenvalue weighted by Crippen LogP contribution is -2.45. The highest BCUT2D eigenvalue weighted by Crippen LogP contribution is 2.31. The Labute approximate surface area is 106 Å². The van der Waals surface area contributed by atoms with Gasteiger partial charge in [0.15, 0.2) is 0 Å². The van der Waals surface area contributed by atoms with Crippen LogP contribution in [0.3, 0.4) is 0 Å². The molecule has 2 unspecified atom stereocenters. The highest BCUT2D eigenvalue weighted by Gasteiger charge is 2.38. The molecule has 0 radical (unpaired) electrons. The van der Waals surface area contributed by atoms with Gasteiger partial charge in [0.2, 0.25) is 5.91 Å². The Kier molecular flexibility index (Phi) is 4.72. The SMILES string of the molecule is Cl.NC1CCC(C(=O)N2CCC(F)(F)CC2)C1. The molecule has 0 aromatic carbocycles. The zero-order valence-corrected chi connectivity index (χ0v) is 10.5. The Hall–Kier alpha value is -0.420. The summed E-state index contributed by atoms with van der Waals surface area (Å²) in [6.07, 6.45) is 2.01. The van der Waals surface area contributed by atoms with Crippen LogP contribution in [0.25, 0.3) is 0 Å². The van der Waals surface area contributed by atoms with Crippen LogP contribution in [-0.4, -0.2) is 35.9 Å². The predicted molar refractivity (Wildman–Crippen MR) is 63.3 cm³/mol. The van der Waals surface area contributed by atoms with Gasteiger partial charge >= 0.3 is 0 Å². The molecule has 100 valence electrons. The van der Waals surface area contributed by atoms with E-state index in [1.165, 1.54) is 0 Å². The molecular weight excluding hydrogens is 250 g/mol. The van der Waals surface area contributed by atoms with Gasteiger partial charge in [-0.2, -0.15) is 0 Å². The van der Waals surface area contributed by atoms with Gasteiger partial charge in [-0.25, -0.2) is 8.78 Å². The molecule has 1 saturated heterocycles. The molecule has 2 aliphatic rings. The molecule has 17 heavy (non-hydrogen) atoms. The Balaban J connectivity index is 0.00000144. The van der Waals surface area contributed by atoms with Crippen molar-refractivity contribution in [3.63, 3.8) is 0 Å². The Morgan fingerprint density at radius 2 is 1.82 bits per heavy atom. The zero-order chi connectivity index (χ0) is 11.8. The standard InChI is InChI=1S/C11H18F2N2O.ClH/c12-11(13)3-5-15(6-4-11)10(16)8-1-2-9(14)7-8;/h8-9H,1-7,14H2;1H. The molecule has 2 rings (SSSR count). The van der Waals surface area contributed by atoms with Gasteiger partial charge in [-0.15, -0.1) is 12.4 Å². The molecule has 2 atom stereocenters. The molecular formula is C11H19ClF2N2O. The fourth-order valence-electron chi connectivity index (χ4n) is 2.55. The number of hydrogen-bond acceptors (Lipinski definition) is 2. The van der Waals surface area contributed by atoms with Crippen LogP contribution in [0.4, 0.5) is 8.78 Å². The second kappa shape index (κ2) is 5.48. The zero-order valence-electron chi connectivity index (χ0n) is 9.70. The first-order valence-electron chi connectivity index (χ1n) is 5.90. The minimum atomic E-state index is -2.58. The third kappa shape index (κ3) is 3.52. The lowest BCUT2D eigenvalue weighted by Gasteiger charge is -2.33. The van der Waals surface area contributed by atoms with Gasteiger partial charge < -0.3 is 10.6 Å². The lowest BCUT2D eigenvalue weighted by molar-refractivity contribution is -0.141. The molecule has 1 amide bonds. The van der Waals surface area contributed by atoms with E-state index in [0.717, 1.165) is 12.8 Å². The van der Waals surface area contributed by atoms with Crippen LogP contribution in [0.2, 0.25) is 0 Å². The molecule has 0 aromatic heterocycles. The number of carbonyl (C=O) groups excluding carboxylic acids is 1. The van der Waals surface area contributed by atoms with Crippen molar-refractivity contribution in [2.75, 3.05) is 13.1 Å². The average molecular weight is 269 g/mol. The van der Waals surface area contributed by atoms with E-state index in [-0.39, 0.29) is 56.2 Å². The lowest BCUT2D eigenvalue weighted by atomic mass is 10.0. The van der Waals surface area contributed by atoms with E-state index in [2.05, 4.69) is 0 Å². The maximum Gasteiger partial charge on any atom is 0.251 e. The van der Waals surface area contributed by atoms with Gasteiger partial charge in [0.05, 0.1) is 0 Å². The van der Waals surface area contributed by atoms with Gasteiger partial charge in [-0.05, 0) is 19.3 Å². The van der Waals surface area contributed by atoms with Gasteiger partial charge in [-0.3, -0.25) is 4.79 Å². The van der Waals surface area contributed by atoms with E-state index < -0.39 is 5.92 Å². The van der Waals surface area contributed by atoms with Gasteiger partial charge in [0, 0.05) is 37.9 Å². The fraction of sp³-hybridized carbons (Fsp3) is 0.909. The summed E-state index contributed by atoms with van der Waals surface area (Å²) in [6.45, 7) is 0.384. The summed E-state index contributed by atoms with van der Waals surface area (Å²) < 4.78 is 25.8. The molecule has 1 saturated carbocycles. The van der Waals surface area contributed by atoms with Crippen LogP contribution in [0.15, 0.2) is 0 Å². The third-order valence-corrected chi connectivity index (χ3v) is 3.63. The molecule has 1 heterocycles. The first-order valence-corrected chi connectivity index (χ1v) is 5.90. The van der Waals surface area contributed by atoms with E-state index >= 15 is 0 Å². The van der Waals surface area contributed by atoms with E-state index in [1.54, 1.807) is 4.90 Å². The van der Waals surface area contributed by atoms with Crippen molar-refractivity contribution in [1.82, 2.24) is 4.90 Å². The predicted octanol–water partition coefficient (Wildman–Crippen LogP) is 1.79. The van der Waals surface area contributed by atoms with Crippen LogP contribution in [-0.2, 0) is 4.79 Å². The number of amides is 1. The molecule has 0 aromatic rings. The van der Waals surface area contributed by atoms with Crippen LogP contribution < -0.4 is 5.73 Å². The van der Waals surface area contributed by atoms with Crippen LogP contribution >= 0.6 is 12.4 Å². The second-order valence-corrected chi connectivity index (χ2v) is 4.95. The van der Waals surface area contributed by atoms with Crippen molar-refractivity contribution in [1.29, 1.82) is 0 Å². The molecule has 3 nitrogen and oxygen atoms in total. The van der Waals surface area contributed by atoms with Crippen molar-refractivity contribution < 1.29 is 13.6 Å². The minimum Gasteiger partial charge on any atom is -0.342 e. The van der Waals surface area contributed by atoms with Crippen molar-refractivity contribution in [2.45, 2.75) is 44.1 Å². The van der Waals surface area contributed by atoms with Crippen LogP contribution in [0, 0.1) is 5.92 Å². The van der Waals surface area contributed by atoms with Crippen LogP contribution in [0.5, 0.6) is 0 Å². The Morgan fingerprint density at radius 3 is 2.29 bits per heavy atom. The third-order valence-electron chi connectivity index (χ3n) is 3.63. The molecule has 1 aliphatic carbocycles. The van der Waals surface area contributed by atoms with Crippen molar-refractivity contribution in [3.05, 3.63) is 0 Å². The van der Waals surface area contributed by atoms with Crippen molar-refractivity contribution in [3.8, 4) is 0 Å². The number of alkyl halides is 2. The Bertz CT molecular complexity index is 279. The van der Waals surface area contributed by atoms with Gasteiger partial charge in [0.1, 0.15) is 0 Å². The second-order valence-electron chi connectivity index (χ2n) is 4.95. The maximum atomic E-state index is 12.9.